The second kappa shape index (κ2) is 5.54. The summed E-state index contributed by atoms with van der Waals surface area (Å²) in [6, 6.07) is 5.69. The number of halogens is 1. The number of hydrogen-bond acceptors (Lipinski definition) is 4. The summed E-state index contributed by atoms with van der Waals surface area (Å²) in [4.78, 5) is 10.1. The molecule has 0 aliphatic carbocycles. The van der Waals surface area contributed by atoms with Crippen LogP contribution in [0.15, 0.2) is 30.6 Å². The molecule has 0 amide bonds. The molecule has 1 fully saturated rings. The Morgan fingerprint density at radius 1 is 1.25 bits per heavy atom. The lowest BCUT2D eigenvalue weighted by Gasteiger charge is -2.29. The number of aryl methyl sites for hydroxylation is 1. The van der Waals surface area contributed by atoms with E-state index in [2.05, 4.69) is 9.97 Å². The van der Waals surface area contributed by atoms with Gasteiger partial charge in [0.05, 0.1) is 18.9 Å². The Kier molecular flexibility index (Phi) is 3.60. The van der Waals surface area contributed by atoms with Crippen molar-refractivity contribution in [3.05, 3.63) is 42.2 Å². The monoisotopic (exact) mass is 273 g/mol. The molecule has 0 aromatic carbocycles. The molecule has 0 spiro atoms. The highest BCUT2D eigenvalue weighted by Crippen LogP contribution is 2.27. The third-order valence-corrected chi connectivity index (χ3v) is 3.49. The molecule has 1 saturated heterocycles. The van der Waals surface area contributed by atoms with E-state index in [1.165, 1.54) is 0 Å². The Hall–Kier alpha value is -2.01. The summed E-state index contributed by atoms with van der Waals surface area (Å²) in [7, 11) is 0. The van der Waals surface area contributed by atoms with Crippen molar-refractivity contribution in [2.75, 3.05) is 31.2 Å². The van der Waals surface area contributed by atoms with Crippen LogP contribution in [-0.4, -0.2) is 36.3 Å². The minimum absolute atomic E-state index is 0.433. The average Bonchev–Trinajstić information content (AvgIpc) is 2.49. The van der Waals surface area contributed by atoms with Crippen molar-refractivity contribution in [3.8, 4) is 11.1 Å². The fourth-order valence-corrected chi connectivity index (χ4v) is 2.40. The van der Waals surface area contributed by atoms with Gasteiger partial charge in [0.25, 0.3) is 0 Å². The van der Waals surface area contributed by atoms with Crippen LogP contribution in [0.25, 0.3) is 11.1 Å². The van der Waals surface area contributed by atoms with Crippen molar-refractivity contribution in [3.63, 3.8) is 0 Å². The Morgan fingerprint density at radius 3 is 2.80 bits per heavy atom. The molecule has 2 aromatic rings. The van der Waals surface area contributed by atoms with E-state index < -0.39 is 5.95 Å². The van der Waals surface area contributed by atoms with Gasteiger partial charge < -0.3 is 9.64 Å². The molecule has 104 valence electrons. The van der Waals surface area contributed by atoms with Gasteiger partial charge in [-0.05, 0) is 19.1 Å². The SMILES string of the molecule is Cc1ncccc1-c1cnc(F)c(N2CCOCC2)c1. The third kappa shape index (κ3) is 2.49. The molecular weight excluding hydrogens is 257 g/mol. The van der Waals surface area contributed by atoms with Crippen molar-refractivity contribution in [1.29, 1.82) is 0 Å². The van der Waals surface area contributed by atoms with E-state index in [0.29, 0.717) is 32.0 Å². The van der Waals surface area contributed by atoms with Gasteiger partial charge in [0.15, 0.2) is 0 Å². The Labute approximate surface area is 117 Å². The molecular formula is C15H16FN3O. The number of hydrogen-bond donors (Lipinski definition) is 0. The van der Waals surface area contributed by atoms with Crippen LogP contribution >= 0.6 is 0 Å². The maximum absolute atomic E-state index is 14.0. The van der Waals surface area contributed by atoms with Crippen LogP contribution < -0.4 is 4.90 Å². The van der Waals surface area contributed by atoms with Crippen LogP contribution in [-0.2, 0) is 4.74 Å². The van der Waals surface area contributed by atoms with Gasteiger partial charge in [0, 0.05) is 42.3 Å². The summed E-state index contributed by atoms with van der Waals surface area (Å²) in [5.74, 6) is -0.433. The summed E-state index contributed by atoms with van der Waals surface area (Å²) in [6.45, 7) is 4.56. The Morgan fingerprint density at radius 2 is 2.05 bits per heavy atom. The molecule has 0 N–H and O–H groups in total. The van der Waals surface area contributed by atoms with Gasteiger partial charge in [0.1, 0.15) is 0 Å². The molecule has 20 heavy (non-hydrogen) atoms. The summed E-state index contributed by atoms with van der Waals surface area (Å²) in [6.07, 6.45) is 3.31. The van der Waals surface area contributed by atoms with Crippen molar-refractivity contribution in [2.24, 2.45) is 0 Å². The molecule has 3 heterocycles. The average molecular weight is 273 g/mol. The van der Waals surface area contributed by atoms with Crippen LogP contribution in [0.1, 0.15) is 5.69 Å². The first kappa shape index (κ1) is 13.0. The first-order valence-corrected chi connectivity index (χ1v) is 6.66. The van der Waals surface area contributed by atoms with Crippen molar-refractivity contribution in [1.82, 2.24) is 9.97 Å². The van der Waals surface area contributed by atoms with Crippen LogP contribution in [0.4, 0.5) is 10.1 Å². The van der Waals surface area contributed by atoms with Gasteiger partial charge in [-0.25, -0.2) is 4.98 Å². The number of morpholine rings is 1. The maximum atomic E-state index is 14.0. The highest BCUT2D eigenvalue weighted by atomic mass is 19.1. The zero-order chi connectivity index (χ0) is 13.9. The Bertz CT molecular complexity index is 612. The van der Waals surface area contributed by atoms with Crippen LogP contribution in [0.2, 0.25) is 0 Å². The van der Waals surface area contributed by atoms with E-state index >= 15 is 0 Å². The van der Waals surface area contributed by atoms with Gasteiger partial charge in [-0.3, -0.25) is 4.98 Å². The van der Waals surface area contributed by atoms with Crippen molar-refractivity contribution >= 4 is 5.69 Å². The van der Waals surface area contributed by atoms with E-state index in [4.69, 9.17) is 4.74 Å². The number of pyridine rings is 2. The lowest BCUT2D eigenvalue weighted by Crippen LogP contribution is -2.36. The minimum Gasteiger partial charge on any atom is -0.378 e. The maximum Gasteiger partial charge on any atom is 0.236 e. The topological polar surface area (TPSA) is 38.2 Å². The highest BCUT2D eigenvalue weighted by Gasteiger charge is 2.17. The standard InChI is InChI=1S/C15H16FN3O/c1-11-13(3-2-4-17-11)12-9-14(15(16)18-10-12)19-5-7-20-8-6-19/h2-4,9-10H,5-8H2,1H3. The molecule has 1 aliphatic heterocycles. The largest absolute Gasteiger partial charge is 0.378 e. The van der Waals surface area contributed by atoms with Gasteiger partial charge in [0.2, 0.25) is 5.95 Å². The molecule has 0 atom stereocenters. The van der Waals surface area contributed by atoms with Crippen LogP contribution in [0, 0.1) is 12.9 Å². The fraction of sp³-hybridized carbons (Fsp3) is 0.333. The van der Waals surface area contributed by atoms with E-state index in [1.54, 1.807) is 12.4 Å². The summed E-state index contributed by atoms with van der Waals surface area (Å²) >= 11 is 0. The molecule has 1 aliphatic rings. The molecule has 4 nitrogen and oxygen atoms in total. The zero-order valence-electron chi connectivity index (χ0n) is 11.3. The van der Waals surface area contributed by atoms with Gasteiger partial charge in [-0.1, -0.05) is 6.07 Å². The van der Waals surface area contributed by atoms with Gasteiger partial charge in [-0.15, -0.1) is 0 Å². The van der Waals surface area contributed by atoms with E-state index in [0.717, 1.165) is 16.8 Å². The summed E-state index contributed by atoms with van der Waals surface area (Å²) < 4.78 is 19.3. The lowest BCUT2D eigenvalue weighted by atomic mass is 10.1. The zero-order valence-corrected chi connectivity index (χ0v) is 11.3. The number of ether oxygens (including phenoxy) is 1. The first-order chi connectivity index (χ1) is 9.75. The molecule has 3 rings (SSSR count). The van der Waals surface area contributed by atoms with E-state index in [-0.39, 0.29) is 0 Å². The van der Waals surface area contributed by atoms with E-state index in [1.807, 2.05) is 30.0 Å². The number of anilines is 1. The van der Waals surface area contributed by atoms with Crippen LogP contribution in [0.3, 0.4) is 0 Å². The van der Waals surface area contributed by atoms with Crippen molar-refractivity contribution in [2.45, 2.75) is 6.92 Å². The minimum atomic E-state index is -0.433. The predicted molar refractivity (Wildman–Crippen MR) is 75.2 cm³/mol. The van der Waals surface area contributed by atoms with Gasteiger partial charge in [-0.2, -0.15) is 4.39 Å². The highest BCUT2D eigenvalue weighted by molar-refractivity contribution is 5.69. The lowest BCUT2D eigenvalue weighted by molar-refractivity contribution is 0.122. The van der Waals surface area contributed by atoms with E-state index in [9.17, 15) is 4.39 Å². The molecule has 0 bridgehead atoms. The Balaban J connectivity index is 2.00. The quantitative estimate of drug-likeness (QED) is 0.788. The first-order valence-electron chi connectivity index (χ1n) is 6.66. The van der Waals surface area contributed by atoms with Gasteiger partial charge >= 0.3 is 0 Å². The second-order valence-electron chi connectivity index (χ2n) is 4.77. The normalized spacial score (nSPS) is 15.4. The molecule has 0 radical (unpaired) electrons. The molecule has 2 aromatic heterocycles. The van der Waals surface area contributed by atoms with Crippen LogP contribution in [0.5, 0.6) is 0 Å². The second-order valence-corrected chi connectivity index (χ2v) is 4.77. The smallest absolute Gasteiger partial charge is 0.236 e. The fourth-order valence-electron chi connectivity index (χ4n) is 2.40. The molecule has 0 unspecified atom stereocenters. The molecule has 0 saturated carbocycles. The third-order valence-electron chi connectivity index (χ3n) is 3.49. The number of rotatable bonds is 2. The predicted octanol–water partition coefficient (Wildman–Crippen LogP) is 2.43. The molecule has 5 heteroatoms. The number of aromatic nitrogens is 2. The summed E-state index contributed by atoms with van der Waals surface area (Å²) in [5.41, 5.74) is 3.32. The van der Waals surface area contributed by atoms with Crippen molar-refractivity contribution < 1.29 is 9.13 Å². The number of nitrogens with zero attached hydrogens (tertiary/aromatic N) is 3. The summed E-state index contributed by atoms with van der Waals surface area (Å²) in [5, 5.41) is 0.